The number of rotatable bonds is 4. The van der Waals surface area contributed by atoms with E-state index in [2.05, 4.69) is 27.1 Å². The fourth-order valence-corrected chi connectivity index (χ4v) is 2.43. The number of hydrogen-bond donors (Lipinski definition) is 1. The van der Waals surface area contributed by atoms with Gasteiger partial charge in [0.05, 0.1) is 0 Å². The highest BCUT2D eigenvalue weighted by Crippen LogP contribution is 2.22. The third-order valence-corrected chi connectivity index (χ3v) is 3.86. The number of anilines is 1. The summed E-state index contributed by atoms with van der Waals surface area (Å²) >= 11 is 1.77. The van der Waals surface area contributed by atoms with Gasteiger partial charge in [-0.3, -0.25) is 4.90 Å². The second-order valence-electron chi connectivity index (χ2n) is 4.23. The summed E-state index contributed by atoms with van der Waals surface area (Å²) < 4.78 is 0. The molecule has 5 heteroatoms. The Hall–Kier alpha value is -0.650. The lowest BCUT2D eigenvalue weighted by atomic mass is 10.1. The summed E-state index contributed by atoms with van der Waals surface area (Å²) in [6.45, 7) is 3.25. The second-order valence-corrected chi connectivity index (χ2v) is 5.32. The number of aromatic nitrogens is 1. The molecule has 1 aromatic rings. The van der Waals surface area contributed by atoms with Gasteiger partial charge in [0.1, 0.15) is 0 Å². The smallest absolute Gasteiger partial charge is 0.185 e. The van der Waals surface area contributed by atoms with Gasteiger partial charge in [0, 0.05) is 50.8 Å². The summed E-state index contributed by atoms with van der Waals surface area (Å²) in [5.74, 6) is 0. The number of thiazole rings is 1. The molecule has 1 fully saturated rings. The third kappa shape index (κ3) is 2.48. The topological polar surface area (TPSA) is 31.4 Å². The molecule has 2 heterocycles. The van der Waals surface area contributed by atoms with Gasteiger partial charge in [-0.2, -0.15) is 0 Å². The van der Waals surface area contributed by atoms with E-state index < -0.39 is 0 Å². The third-order valence-electron chi connectivity index (χ3n) is 2.71. The molecule has 0 radical (unpaired) electrons. The van der Waals surface area contributed by atoms with E-state index in [1.807, 2.05) is 20.3 Å². The number of nitrogens with one attached hydrogen (secondary N) is 1. The normalized spacial score (nSPS) is 16.8. The average molecular weight is 226 g/mol. The molecule has 84 valence electrons. The number of hydrogen-bond acceptors (Lipinski definition) is 5. The van der Waals surface area contributed by atoms with Gasteiger partial charge in [0.2, 0.25) is 0 Å². The maximum absolute atomic E-state index is 4.37. The Labute approximate surface area is 94.9 Å². The van der Waals surface area contributed by atoms with Crippen molar-refractivity contribution in [3.63, 3.8) is 0 Å². The van der Waals surface area contributed by atoms with Crippen molar-refractivity contribution in [3.05, 3.63) is 11.1 Å². The summed E-state index contributed by atoms with van der Waals surface area (Å²) in [5.41, 5.74) is 0. The van der Waals surface area contributed by atoms with Gasteiger partial charge in [-0.25, -0.2) is 4.98 Å². The number of nitrogens with zero attached hydrogens (tertiary/aromatic N) is 3. The summed E-state index contributed by atoms with van der Waals surface area (Å²) in [6, 6.07) is 0.704. The maximum Gasteiger partial charge on any atom is 0.185 e. The molecule has 0 bridgehead atoms. The molecule has 0 spiro atoms. The first kappa shape index (κ1) is 10.9. The summed E-state index contributed by atoms with van der Waals surface area (Å²) in [5, 5.41) is 4.38. The highest BCUT2D eigenvalue weighted by molar-refractivity contribution is 7.15. The Morgan fingerprint density at radius 1 is 1.47 bits per heavy atom. The fraction of sp³-hybridized carbons (Fsp3) is 0.700. The van der Waals surface area contributed by atoms with Gasteiger partial charge in [0.15, 0.2) is 5.13 Å². The van der Waals surface area contributed by atoms with Gasteiger partial charge in [-0.15, -0.1) is 11.3 Å². The van der Waals surface area contributed by atoms with Crippen LogP contribution in [0.3, 0.4) is 0 Å². The van der Waals surface area contributed by atoms with Crippen molar-refractivity contribution in [2.24, 2.45) is 0 Å². The molecule has 1 N–H and O–H groups in total. The largest absolute Gasteiger partial charge is 0.354 e. The second kappa shape index (κ2) is 4.47. The molecule has 1 aromatic heterocycles. The Kier molecular flexibility index (Phi) is 3.23. The van der Waals surface area contributed by atoms with E-state index >= 15 is 0 Å². The summed E-state index contributed by atoms with van der Waals surface area (Å²) in [7, 11) is 6.24. The van der Waals surface area contributed by atoms with Crippen LogP contribution in [0.4, 0.5) is 5.13 Å². The van der Waals surface area contributed by atoms with Crippen LogP contribution in [0.15, 0.2) is 6.20 Å². The molecule has 15 heavy (non-hydrogen) atoms. The minimum atomic E-state index is 0.704. The Morgan fingerprint density at radius 2 is 2.20 bits per heavy atom. The van der Waals surface area contributed by atoms with E-state index in [1.165, 1.54) is 4.88 Å². The Balaban J connectivity index is 1.91. The van der Waals surface area contributed by atoms with Gasteiger partial charge in [0.25, 0.3) is 0 Å². The van der Waals surface area contributed by atoms with Gasteiger partial charge in [-0.05, 0) is 7.05 Å². The van der Waals surface area contributed by atoms with Crippen molar-refractivity contribution in [3.8, 4) is 0 Å². The summed E-state index contributed by atoms with van der Waals surface area (Å²) in [6.07, 6.45) is 1.99. The van der Waals surface area contributed by atoms with Crippen LogP contribution in [0.2, 0.25) is 0 Å². The van der Waals surface area contributed by atoms with Gasteiger partial charge < -0.3 is 10.2 Å². The lowest BCUT2D eigenvalue weighted by Crippen LogP contribution is -2.55. The standard InChI is InChI=1S/C10H18N4S/c1-13(2)10-12-6-9(15-10)7-14(3)8-4-11-5-8/h6,8,11H,4-5,7H2,1-3H3. The molecule has 0 aliphatic carbocycles. The van der Waals surface area contributed by atoms with Crippen LogP contribution in [-0.4, -0.2) is 50.2 Å². The first-order valence-corrected chi connectivity index (χ1v) is 6.01. The first-order chi connectivity index (χ1) is 7.16. The van der Waals surface area contributed by atoms with Crippen LogP contribution in [0.25, 0.3) is 0 Å². The zero-order valence-corrected chi connectivity index (χ0v) is 10.3. The van der Waals surface area contributed by atoms with E-state index in [1.54, 1.807) is 11.3 Å². The van der Waals surface area contributed by atoms with Crippen LogP contribution in [-0.2, 0) is 6.54 Å². The van der Waals surface area contributed by atoms with Crippen molar-refractivity contribution in [1.82, 2.24) is 15.2 Å². The Morgan fingerprint density at radius 3 is 2.67 bits per heavy atom. The van der Waals surface area contributed by atoms with Crippen molar-refractivity contribution in [2.45, 2.75) is 12.6 Å². The molecule has 0 atom stereocenters. The van der Waals surface area contributed by atoms with Crippen molar-refractivity contribution < 1.29 is 0 Å². The molecule has 0 unspecified atom stereocenters. The number of likely N-dealkylation sites (N-methyl/N-ethyl adjacent to an activating group) is 1. The van der Waals surface area contributed by atoms with Crippen molar-refractivity contribution in [1.29, 1.82) is 0 Å². The van der Waals surface area contributed by atoms with Crippen molar-refractivity contribution in [2.75, 3.05) is 39.1 Å². The monoisotopic (exact) mass is 226 g/mol. The molecule has 4 nitrogen and oxygen atoms in total. The minimum Gasteiger partial charge on any atom is -0.354 e. The predicted molar refractivity (Wildman–Crippen MR) is 64.6 cm³/mol. The van der Waals surface area contributed by atoms with Gasteiger partial charge in [-0.1, -0.05) is 0 Å². The van der Waals surface area contributed by atoms with Gasteiger partial charge >= 0.3 is 0 Å². The minimum absolute atomic E-state index is 0.704. The molecule has 1 aliphatic rings. The van der Waals surface area contributed by atoms with E-state index in [0.717, 1.165) is 24.8 Å². The molecular formula is C10H18N4S. The zero-order chi connectivity index (χ0) is 10.8. The van der Waals surface area contributed by atoms with Crippen LogP contribution in [0, 0.1) is 0 Å². The van der Waals surface area contributed by atoms with Crippen molar-refractivity contribution >= 4 is 16.5 Å². The molecule has 0 amide bonds. The van der Waals surface area contributed by atoms with Crippen LogP contribution in [0.5, 0.6) is 0 Å². The molecule has 2 rings (SSSR count). The predicted octanol–water partition coefficient (Wildman–Crippen LogP) is 0.613. The highest BCUT2D eigenvalue weighted by Gasteiger charge is 2.21. The molecule has 1 aliphatic heterocycles. The van der Waals surface area contributed by atoms with Crippen LogP contribution >= 0.6 is 11.3 Å². The van der Waals surface area contributed by atoms with Crippen LogP contribution < -0.4 is 10.2 Å². The highest BCUT2D eigenvalue weighted by atomic mass is 32.1. The Bertz CT molecular complexity index is 319. The molecule has 1 saturated heterocycles. The molecular weight excluding hydrogens is 208 g/mol. The quantitative estimate of drug-likeness (QED) is 0.815. The lowest BCUT2D eigenvalue weighted by molar-refractivity contribution is 0.174. The molecule has 0 aromatic carbocycles. The lowest BCUT2D eigenvalue weighted by Gasteiger charge is -2.35. The van der Waals surface area contributed by atoms with E-state index in [-0.39, 0.29) is 0 Å². The van der Waals surface area contributed by atoms with Crippen LogP contribution in [0.1, 0.15) is 4.88 Å². The SMILES string of the molecule is CN(C)c1ncc(CN(C)C2CNC2)s1. The molecule has 0 saturated carbocycles. The van der Waals surface area contributed by atoms with E-state index in [4.69, 9.17) is 0 Å². The maximum atomic E-state index is 4.37. The average Bonchev–Trinajstić information content (AvgIpc) is 2.48. The summed E-state index contributed by atoms with van der Waals surface area (Å²) in [4.78, 5) is 10.2. The van der Waals surface area contributed by atoms with E-state index in [9.17, 15) is 0 Å². The zero-order valence-electron chi connectivity index (χ0n) is 9.53. The van der Waals surface area contributed by atoms with E-state index in [0.29, 0.717) is 6.04 Å². The fourth-order valence-electron chi connectivity index (χ4n) is 1.54. The first-order valence-electron chi connectivity index (χ1n) is 5.20.